The summed E-state index contributed by atoms with van der Waals surface area (Å²) in [6.45, 7) is 0. The van der Waals surface area contributed by atoms with Crippen LogP contribution in [0.2, 0.25) is 0 Å². The third-order valence-corrected chi connectivity index (χ3v) is 4.26. The van der Waals surface area contributed by atoms with E-state index in [1.165, 1.54) is 17.1 Å². The van der Waals surface area contributed by atoms with Crippen LogP contribution in [0.15, 0.2) is 24.3 Å². The zero-order valence-corrected chi connectivity index (χ0v) is 11.3. The summed E-state index contributed by atoms with van der Waals surface area (Å²) in [5, 5.41) is 3.12. The van der Waals surface area contributed by atoms with Crippen molar-refractivity contribution in [2.45, 2.75) is 31.7 Å². The molecule has 0 unspecified atom stereocenters. The fraction of sp³-hybridized carbons (Fsp3) is 0.500. The Balaban J connectivity index is 1.72. The lowest BCUT2D eigenvalue weighted by Crippen LogP contribution is -2.37. The van der Waals surface area contributed by atoms with E-state index < -0.39 is 0 Å². The number of anilines is 1. The number of rotatable bonds is 4. The van der Waals surface area contributed by atoms with Gasteiger partial charge in [-0.25, -0.2) is 0 Å². The molecule has 2 rings (SSSR count). The smallest absolute Gasteiger partial charge is 0.220 e. The summed E-state index contributed by atoms with van der Waals surface area (Å²) in [5.41, 5.74) is 7.56. The minimum Gasteiger partial charge on any atom is -0.399 e. The maximum atomic E-state index is 11.8. The summed E-state index contributed by atoms with van der Waals surface area (Å²) in [6, 6.07) is 8.13. The Morgan fingerprint density at radius 2 is 1.94 bits per heavy atom. The van der Waals surface area contributed by atoms with Crippen molar-refractivity contribution >= 4 is 23.4 Å². The average Bonchev–Trinajstić information content (AvgIpc) is 2.39. The van der Waals surface area contributed by atoms with Crippen LogP contribution in [0.1, 0.15) is 24.8 Å². The molecule has 1 aromatic rings. The summed E-state index contributed by atoms with van der Waals surface area (Å²) in [7, 11) is 0. The lowest BCUT2D eigenvalue weighted by Gasteiger charge is -2.22. The van der Waals surface area contributed by atoms with Crippen LogP contribution in [-0.4, -0.2) is 23.5 Å². The summed E-state index contributed by atoms with van der Waals surface area (Å²) < 4.78 is 0. The van der Waals surface area contributed by atoms with Crippen LogP contribution in [0.3, 0.4) is 0 Å². The van der Waals surface area contributed by atoms with Crippen LogP contribution in [-0.2, 0) is 11.2 Å². The molecule has 1 aromatic carbocycles. The van der Waals surface area contributed by atoms with Crippen LogP contribution in [0.5, 0.6) is 0 Å². The van der Waals surface area contributed by atoms with Gasteiger partial charge >= 0.3 is 0 Å². The Morgan fingerprint density at radius 1 is 1.28 bits per heavy atom. The van der Waals surface area contributed by atoms with Gasteiger partial charge in [0.15, 0.2) is 0 Å². The lowest BCUT2D eigenvalue weighted by molar-refractivity contribution is -0.121. The quantitative estimate of drug-likeness (QED) is 0.820. The van der Waals surface area contributed by atoms with E-state index in [0.717, 1.165) is 24.9 Å². The molecule has 4 heteroatoms. The summed E-state index contributed by atoms with van der Waals surface area (Å²) >= 11 is 1.97. The van der Waals surface area contributed by atoms with Gasteiger partial charge in [-0.2, -0.15) is 11.8 Å². The van der Waals surface area contributed by atoms with Crippen molar-refractivity contribution in [3.8, 4) is 0 Å². The minimum absolute atomic E-state index is 0.170. The fourth-order valence-electron chi connectivity index (χ4n) is 2.08. The highest BCUT2D eigenvalue weighted by Gasteiger charge is 2.15. The van der Waals surface area contributed by atoms with Gasteiger partial charge in [0, 0.05) is 18.2 Å². The van der Waals surface area contributed by atoms with E-state index in [2.05, 4.69) is 5.32 Å². The van der Waals surface area contributed by atoms with Gasteiger partial charge in [-0.15, -0.1) is 0 Å². The molecule has 0 saturated carbocycles. The molecule has 1 amide bonds. The highest BCUT2D eigenvalue weighted by Crippen LogP contribution is 2.17. The molecule has 0 aromatic heterocycles. The molecule has 1 aliphatic heterocycles. The van der Waals surface area contributed by atoms with Crippen molar-refractivity contribution in [2.75, 3.05) is 17.2 Å². The average molecular weight is 264 g/mol. The molecule has 3 N–H and O–H groups in total. The maximum Gasteiger partial charge on any atom is 0.220 e. The number of aryl methyl sites for hydroxylation is 1. The van der Waals surface area contributed by atoms with Crippen molar-refractivity contribution in [3.05, 3.63) is 29.8 Å². The van der Waals surface area contributed by atoms with Crippen LogP contribution in [0.25, 0.3) is 0 Å². The van der Waals surface area contributed by atoms with E-state index >= 15 is 0 Å². The van der Waals surface area contributed by atoms with Crippen LogP contribution in [0.4, 0.5) is 5.69 Å². The van der Waals surface area contributed by atoms with Crippen LogP contribution in [0, 0.1) is 0 Å². The summed E-state index contributed by atoms with van der Waals surface area (Å²) in [6.07, 6.45) is 3.57. The number of carbonyl (C=O) groups is 1. The lowest BCUT2D eigenvalue weighted by atomic mass is 10.1. The Morgan fingerprint density at radius 3 is 2.61 bits per heavy atom. The van der Waals surface area contributed by atoms with Crippen molar-refractivity contribution in [2.24, 2.45) is 0 Å². The molecule has 1 saturated heterocycles. The monoisotopic (exact) mass is 264 g/mol. The first kappa shape index (κ1) is 13.3. The van der Waals surface area contributed by atoms with Crippen LogP contribution >= 0.6 is 11.8 Å². The molecule has 0 spiro atoms. The third kappa shape index (κ3) is 4.26. The second-order valence-electron chi connectivity index (χ2n) is 4.70. The number of hydrogen-bond donors (Lipinski definition) is 2. The number of nitrogen functional groups attached to an aromatic ring is 1. The molecule has 0 atom stereocenters. The van der Waals surface area contributed by atoms with Crippen molar-refractivity contribution in [1.29, 1.82) is 0 Å². The predicted octanol–water partition coefficient (Wildman–Crippen LogP) is 2.21. The number of thioether (sulfide) groups is 1. The van der Waals surface area contributed by atoms with Crippen molar-refractivity contribution < 1.29 is 4.79 Å². The van der Waals surface area contributed by atoms with Gasteiger partial charge in [-0.3, -0.25) is 4.79 Å². The van der Waals surface area contributed by atoms with Crippen molar-refractivity contribution in [1.82, 2.24) is 5.32 Å². The molecule has 98 valence electrons. The first-order valence-electron chi connectivity index (χ1n) is 6.45. The zero-order valence-electron chi connectivity index (χ0n) is 10.5. The van der Waals surface area contributed by atoms with E-state index in [0.29, 0.717) is 12.5 Å². The Kier molecular flexibility index (Phi) is 4.93. The van der Waals surface area contributed by atoms with E-state index in [9.17, 15) is 4.79 Å². The second kappa shape index (κ2) is 6.69. The molecule has 1 heterocycles. The molecule has 0 radical (unpaired) electrons. The molecule has 18 heavy (non-hydrogen) atoms. The van der Waals surface area contributed by atoms with Gasteiger partial charge in [-0.1, -0.05) is 12.1 Å². The van der Waals surface area contributed by atoms with Crippen molar-refractivity contribution in [3.63, 3.8) is 0 Å². The van der Waals surface area contributed by atoms with Gasteiger partial charge in [0.2, 0.25) is 5.91 Å². The van der Waals surface area contributed by atoms with Gasteiger partial charge in [0.25, 0.3) is 0 Å². The fourth-order valence-corrected chi connectivity index (χ4v) is 3.19. The topological polar surface area (TPSA) is 55.1 Å². The summed E-state index contributed by atoms with van der Waals surface area (Å²) in [4.78, 5) is 11.8. The number of nitrogens with one attached hydrogen (secondary N) is 1. The number of hydrogen-bond acceptors (Lipinski definition) is 3. The number of benzene rings is 1. The number of amides is 1. The Bertz CT molecular complexity index is 385. The highest BCUT2D eigenvalue weighted by atomic mass is 32.2. The zero-order chi connectivity index (χ0) is 12.8. The largest absolute Gasteiger partial charge is 0.399 e. The van der Waals surface area contributed by atoms with E-state index in [4.69, 9.17) is 5.73 Å². The van der Waals surface area contributed by atoms with Crippen LogP contribution < -0.4 is 11.1 Å². The van der Waals surface area contributed by atoms with E-state index in [1.54, 1.807) is 0 Å². The first-order chi connectivity index (χ1) is 8.74. The van der Waals surface area contributed by atoms with E-state index in [-0.39, 0.29) is 5.91 Å². The third-order valence-electron chi connectivity index (χ3n) is 3.21. The molecular formula is C14H20N2OS. The predicted molar refractivity (Wildman–Crippen MR) is 77.7 cm³/mol. The summed E-state index contributed by atoms with van der Waals surface area (Å²) in [5.74, 6) is 2.51. The highest BCUT2D eigenvalue weighted by molar-refractivity contribution is 7.99. The van der Waals surface area contributed by atoms with Gasteiger partial charge in [0.1, 0.15) is 0 Å². The minimum atomic E-state index is 0.170. The number of nitrogens with two attached hydrogens (primary N) is 1. The standard InChI is InChI=1S/C14H20N2OS/c15-12-4-1-11(2-5-12)3-6-14(17)16-13-7-9-18-10-8-13/h1-2,4-5,13H,3,6-10,15H2,(H,16,17). The number of carbonyl (C=O) groups excluding carboxylic acids is 1. The Labute approximate surface area is 113 Å². The molecular weight excluding hydrogens is 244 g/mol. The maximum absolute atomic E-state index is 11.8. The van der Waals surface area contributed by atoms with Gasteiger partial charge in [-0.05, 0) is 48.5 Å². The molecule has 1 aliphatic rings. The molecule has 0 aliphatic carbocycles. The molecule has 3 nitrogen and oxygen atoms in total. The van der Waals surface area contributed by atoms with Gasteiger partial charge < -0.3 is 11.1 Å². The second-order valence-corrected chi connectivity index (χ2v) is 5.92. The normalized spacial score (nSPS) is 16.4. The molecule has 1 fully saturated rings. The SMILES string of the molecule is Nc1ccc(CCC(=O)NC2CCSCC2)cc1. The molecule has 0 bridgehead atoms. The van der Waals surface area contributed by atoms with Gasteiger partial charge in [0.05, 0.1) is 0 Å². The first-order valence-corrected chi connectivity index (χ1v) is 7.61. The Hall–Kier alpha value is -1.16. The van der Waals surface area contributed by atoms with E-state index in [1.807, 2.05) is 36.0 Å².